The van der Waals surface area contributed by atoms with Gasteiger partial charge in [-0.05, 0) is 18.4 Å². The van der Waals surface area contributed by atoms with Crippen LogP contribution in [-0.2, 0) is 12.0 Å². The van der Waals surface area contributed by atoms with Gasteiger partial charge in [0.15, 0.2) is 5.82 Å². The first-order chi connectivity index (χ1) is 8.35. The van der Waals surface area contributed by atoms with Crippen LogP contribution < -0.4 is 0 Å². The zero-order chi connectivity index (χ0) is 11.7. The molecule has 0 atom stereocenters. The number of aliphatic hydroxyl groups excluding tert-OH is 1. The Bertz CT molecular complexity index is 502. The van der Waals surface area contributed by atoms with Crippen LogP contribution in [0.15, 0.2) is 30.3 Å². The number of nitrogens with zero attached hydrogens (tertiary/aromatic N) is 2. The number of nitrogens with one attached hydrogen (secondary N) is 1. The van der Waals surface area contributed by atoms with Gasteiger partial charge in [-0.1, -0.05) is 36.8 Å². The monoisotopic (exact) mass is 229 g/mol. The maximum atomic E-state index is 9.04. The molecule has 1 aliphatic rings. The van der Waals surface area contributed by atoms with Crippen molar-refractivity contribution in [2.75, 3.05) is 0 Å². The van der Waals surface area contributed by atoms with Crippen LogP contribution in [0.5, 0.6) is 0 Å². The van der Waals surface area contributed by atoms with Crippen LogP contribution in [0.2, 0.25) is 0 Å². The summed E-state index contributed by atoms with van der Waals surface area (Å²) < 4.78 is 0. The lowest BCUT2D eigenvalue weighted by Gasteiger charge is -2.39. The Balaban J connectivity index is 2.02. The zero-order valence-electron chi connectivity index (χ0n) is 9.56. The summed E-state index contributed by atoms with van der Waals surface area (Å²) in [5, 5.41) is 16.1. The molecule has 2 aromatic rings. The molecule has 0 bridgehead atoms. The Morgan fingerprint density at radius 3 is 2.53 bits per heavy atom. The van der Waals surface area contributed by atoms with E-state index in [1.54, 1.807) is 0 Å². The van der Waals surface area contributed by atoms with Crippen molar-refractivity contribution in [2.45, 2.75) is 31.3 Å². The summed E-state index contributed by atoms with van der Waals surface area (Å²) in [6.45, 7) is -0.0854. The molecule has 1 aromatic carbocycles. The van der Waals surface area contributed by atoms with E-state index in [2.05, 4.69) is 39.4 Å². The Kier molecular flexibility index (Phi) is 2.44. The van der Waals surface area contributed by atoms with E-state index in [1.807, 2.05) is 6.07 Å². The lowest BCUT2D eigenvalue weighted by Crippen LogP contribution is -2.36. The number of H-pyrrole nitrogens is 1. The first-order valence-electron chi connectivity index (χ1n) is 5.93. The first kappa shape index (κ1) is 10.5. The van der Waals surface area contributed by atoms with Gasteiger partial charge in [0.1, 0.15) is 12.4 Å². The Hall–Kier alpha value is -1.68. The van der Waals surface area contributed by atoms with Crippen molar-refractivity contribution in [3.05, 3.63) is 47.5 Å². The molecule has 1 aromatic heterocycles. The third-order valence-electron chi connectivity index (χ3n) is 3.64. The molecular weight excluding hydrogens is 214 g/mol. The molecule has 0 amide bonds. The van der Waals surface area contributed by atoms with Gasteiger partial charge in [0.25, 0.3) is 0 Å². The fourth-order valence-corrected chi connectivity index (χ4v) is 2.51. The van der Waals surface area contributed by atoms with Crippen molar-refractivity contribution in [1.82, 2.24) is 15.2 Å². The molecule has 1 fully saturated rings. The van der Waals surface area contributed by atoms with Crippen LogP contribution in [-0.4, -0.2) is 20.3 Å². The van der Waals surface area contributed by atoms with Crippen molar-refractivity contribution in [3.8, 4) is 0 Å². The highest BCUT2D eigenvalue weighted by atomic mass is 16.3. The molecule has 0 spiro atoms. The molecule has 17 heavy (non-hydrogen) atoms. The lowest BCUT2D eigenvalue weighted by atomic mass is 9.64. The van der Waals surface area contributed by atoms with Gasteiger partial charge in [-0.2, -0.15) is 5.10 Å². The number of benzene rings is 1. The smallest absolute Gasteiger partial charge is 0.161 e. The van der Waals surface area contributed by atoms with Crippen LogP contribution in [0.25, 0.3) is 0 Å². The number of hydrogen-bond acceptors (Lipinski definition) is 3. The molecule has 3 rings (SSSR count). The van der Waals surface area contributed by atoms with E-state index in [9.17, 15) is 0 Å². The van der Waals surface area contributed by atoms with E-state index in [-0.39, 0.29) is 12.0 Å². The molecule has 1 heterocycles. The Morgan fingerprint density at radius 1 is 1.24 bits per heavy atom. The highest BCUT2D eigenvalue weighted by molar-refractivity contribution is 5.35. The summed E-state index contributed by atoms with van der Waals surface area (Å²) in [5.41, 5.74) is 1.24. The van der Waals surface area contributed by atoms with E-state index in [0.717, 1.165) is 18.7 Å². The largest absolute Gasteiger partial charge is 0.388 e. The topological polar surface area (TPSA) is 61.8 Å². The molecule has 88 valence electrons. The molecule has 4 heteroatoms. The Labute approximate surface area is 99.7 Å². The van der Waals surface area contributed by atoms with E-state index in [1.165, 1.54) is 12.0 Å². The zero-order valence-corrected chi connectivity index (χ0v) is 9.56. The fourth-order valence-electron chi connectivity index (χ4n) is 2.51. The minimum atomic E-state index is -0.0854. The quantitative estimate of drug-likeness (QED) is 0.843. The van der Waals surface area contributed by atoms with E-state index >= 15 is 0 Å². The molecule has 0 unspecified atom stereocenters. The van der Waals surface area contributed by atoms with Crippen LogP contribution >= 0.6 is 0 Å². The van der Waals surface area contributed by atoms with Crippen LogP contribution in [0.3, 0.4) is 0 Å². The molecule has 0 radical (unpaired) electrons. The molecule has 0 aliphatic heterocycles. The summed E-state index contributed by atoms with van der Waals surface area (Å²) in [5.74, 6) is 1.36. The number of aromatic amines is 1. The average Bonchev–Trinajstić information content (AvgIpc) is 2.78. The third-order valence-corrected chi connectivity index (χ3v) is 3.64. The average molecular weight is 229 g/mol. The predicted octanol–water partition coefficient (Wildman–Crippen LogP) is 1.77. The van der Waals surface area contributed by atoms with Crippen molar-refractivity contribution >= 4 is 0 Å². The maximum absolute atomic E-state index is 9.04. The highest BCUT2D eigenvalue weighted by Gasteiger charge is 2.43. The molecule has 1 aliphatic carbocycles. The summed E-state index contributed by atoms with van der Waals surface area (Å²) in [7, 11) is 0. The number of aliphatic hydroxyl groups is 1. The van der Waals surface area contributed by atoms with Crippen molar-refractivity contribution in [1.29, 1.82) is 0 Å². The third kappa shape index (κ3) is 1.56. The molecule has 2 N–H and O–H groups in total. The van der Waals surface area contributed by atoms with Gasteiger partial charge in [-0.3, -0.25) is 5.10 Å². The minimum absolute atomic E-state index is 0.0365. The summed E-state index contributed by atoms with van der Waals surface area (Å²) in [4.78, 5) is 4.38. The SMILES string of the molecule is OCc1nc(C2(c3ccccc3)CCC2)n[nH]1. The summed E-state index contributed by atoms with van der Waals surface area (Å²) in [6.07, 6.45) is 3.37. The normalized spacial score (nSPS) is 17.7. The minimum Gasteiger partial charge on any atom is -0.388 e. The van der Waals surface area contributed by atoms with Gasteiger partial charge in [-0.15, -0.1) is 0 Å². The van der Waals surface area contributed by atoms with Gasteiger partial charge in [0.05, 0.1) is 5.41 Å². The molecule has 0 saturated heterocycles. The Morgan fingerprint density at radius 2 is 2.00 bits per heavy atom. The van der Waals surface area contributed by atoms with Crippen LogP contribution in [0.1, 0.15) is 36.5 Å². The molecule has 1 saturated carbocycles. The summed E-state index contributed by atoms with van der Waals surface area (Å²) >= 11 is 0. The number of rotatable bonds is 3. The van der Waals surface area contributed by atoms with Gasteiger partial charge in [0.2, 0.25) is 0 Å². The summed E-state index contributed by atoms with van der Waals surface area (Å²) in [6, 6.07) is 10.4. The van der Waals surface area contributed by atoms with Gasteiger partial charge < -0.3 is 5.11 Å². The maximum Gasteiger partial charge on any atom is 0.161 e. The number of aromatic nitrogens is 3. The van der Waals surface area contributed by atoms with Crippen molar-refractivity contribution in [3.63, 3.8) is 0 Å². The molecular formula is C13H15N3O. The van der Waals surface area contributed by atoms with Crippen LogP contribution in [0.4, 0.5) is 0 Å². The fraction of sp³-hybridized carbons (Fsp3) is 0.385. The predicted molar refractivity (Wildman–Crippen MR) is 63.4 cm³/mol. The molecule has 4 nitrogen and oxygen atoms in total. The van der Waals surface area contributed by atoms with Crippen molar-refractivity contribution in [2.24, 2.45) is 0 Å². The lowest BCUT2D eigenvalue weighted by molar-refractivity contribution is 0.268. The highest BCUT2D eigenvalue weighted by Crippen LogP contribution is 2.47. The first-order valence-corrected chi connectivity index (χ1v) is 5.93. The second-order valence-electron chi connectivity index (χ2n) is 4.57. The van der Waals surface area contributed by atoms with Crippen LogP contribution in [0, 0.1) is 0 Å². The van der Waals surface area contributed by atoms with Crippen molar-refractivity contribution < 1.29 is 5.11 Å². The van der Waals surface area contributed by atoms with E-state index in [4.69, 9.17) is 5.11 Å². The van der Waals surface area contributed by atoms with E-state index in [0.29, 0.717) is 5.82 Å². The van der Waals surface area contributed by atoms with Gasteiger partial charge in [0, 0.05) is 0 Å². The second kappa shape index (κ2) is 3.96. The van der Waals surface area contributed by atoms with E-state index < -0.39 is 0 Å². The van der Waals surface area contributed by atoms with Gasteiger partial charge >= 0.3 is 0 Å². The second-order valence-corrected chi connectivity index (χ2v) is 4.57. The number of hydrogen-bond donors (Lipinski definition) is 2. The standard InChI is InChI=1S/C13H15N3O/c17-9-11-14-12(16-15-11)13(7-4-8-13)10-5-2-1-3-6-10/h1-3,5-6,17H,4,7-9H2,(H,14,15,16). The van der Waals surface area contributed by atoms with Gasteiger partial charge in [-0.25, -0.2) is 4.98 Å².